The summed E-state index contributed by atoms with van der Waals surface area (Å²) in [5.74, 6) is 0.375. The number of aromatic nitrogens is 4. The number of fused-ring (bicyclic) bond motifs is 1. The molecular formula is C24H19ClN6O3. The van der Waals surface area contributed by atoms with Gasteiger partial charge in [0, 0.05) is 36.5 Å². The topological polar surface area (TPSA) is 117 Å². The number of hydrogen-bond donors (Lipinski definition) is 1. The Bertz CT molecular complexity index is 1440. The van der Waals surface area contributed by atoms with Gasteiger partial charge < -0.3 is 14.7 Å². The second kappa shape index (κ2) is 8.65. The number of aryl methyl sites for hydroxylation is 1. The summed E-state index contributed by atoms with van der Waals surface area (Å²) >= 11 is 6.27. The molecule has 9 nitrogen and oxygen atoms in total. The molecule has 1 atom stereocenters. The van der Waals surface area contributed by atoms with Crippen molar-refractivity contribution in [1.29, 1.82) is 5.26 Å². The Morgan fingerprint density at radius 3 is 2.82 bits per heavy atom. The van der Waals surface area contributed by atoms with Crippen molar-refractivity contribution in [3.05, 3.63) is 65.1 Å². The van der Waals surface area contributed by atoms with E-state index in [0.717, 1.165) is 22.4 Å². The first-order valence-corrected chi connectivity index (χ1v) is 11.0. The Kier molecular flexibility index (Phi) is 5.51. The third-order valence-corrected chi connectivity index (χ3v) is 5.83. The lowest BCUT2D eigenvalue weighted by Crippen LogP contribution is -2.29. The summed E-state index contributed by atoms with van der Waals surface area (Å²) in [6.45, 7) is 2.57. The minimum atomic E-state index is -0.957. The summed E-state index contributed by atoms with van der Waals surface area (Å²) in [5.41, 5.74) is 4.72. The quantitative estimate of drug-likeness (QED) is 0.435. The van der Waals surface area contributed by atoms with Crippen molar-refractivity contribution >= 4 is 23.3 Å². The number of nitrogens with zero attached hydrogens (tertiary/aromatic N) is 6. The highest BCUT2D eigenvalue weighted by atomic mass is 35.5. The normalized spacial score (nSPS) is 15.4. The maximum absolute atomic E-state index is 11.2. The SMILES string of the molecule is Cc1cc(-c2c(-c3cccc(C#N)c3)nn3ccc(O[C@H]4CCN(C(=O)O)C4)nc23)cc(Cl)n1. The largest absolute Gasteiger partial charge is 0.472 e. The van der Waals surface area contributed by atoms with Crippen LogP contribution < -0.4 is 4.74 Å². The summed E-state index contributed by atoms with van der Waals surface area (Å²) in [6, 6.07) is 14.7. The van der Waals surface area contributed by atoms with E-state index in [1.807, 2.05) is 25.1 Å². The van der Waals surface area contributed by atoms with E-state index < -0.39 is 6.09 Å². The van der Waals surface area contributed by atoms with Crippen LogP contribution in [-0.2, 0) is 0 Å². The number of ether oxygens (including phenoxy) is 1. The van der Waals surface area contributed by atoms with Crippen LogP contribution in [0.1, 0.15) is 17.7 Å². The molecule has 5 rings (SSSR count). The van der Waals surface area contributed by atoms with E-state index >= 15 is 0 Å². The molecular weight excluding hydrogens is 456 g/mol. The lowest BCUT2D eigenvalue weighted by molar-refractivity contribution is 0.144. The van der Waals surface area contributed by atoms with E-state index in [4.69, 9.17) is 26.4 Å². The minimum Gasteiger partial charge on any atom is -0.472 e. The first-order valence-electron chi connectivity index (χ1n) is 10.6. The first-order chi connectivity index (χ1) is 16.4. The molecule has 1 saturated heterocycles. The lowest BCUT2D eigenvalue weighted by atomic mass is 10.0. The standard InChI is InChI=1S/C24H19ClN6O3/c1-14-9-17(11-19(25)27-14)21-22(16-4-2-3-15(10-16)12-26)29-31-8-6-20(28-23(21)31)34-18-5-7-30(13-18)24(32)33/h2-4,6,8-11,18H,5,7,13H2,1H3,(H,32,33)/t18-/m0/s1. The van der Waals surface area contributed by atoms with Crippen LogP contribution in [0.15, 0.2) is 48.7 Å². The van der Waals surface area contributed by atoms with E-state index in [9.17, 15) is 15.2 Å². The van der Waals surface area contributed by atoms with Gasteiger partial charge in [-0.05, 0) is 36.8 Å². The number of hydrogen-bond acceptors (Lipinski definition) is 6. The minimum absolute atomic E-state index is 0.276. The molecule has 34 heavy (non-hydrogen) atoms. The highest BCUT2D eigenvalue weighted by Crippen LogP contribution is 2.36. The number of carbonyl (C=O) groups is 1. The maximum Gasteiger partial charge on any atom is 0.407 e. The molecule has 1 N–H and O–H groups in total. The van der Waals surface area contributed by atoms with Crippen LogP contribution in [0, 0.1) is 18.3 Å². The van der Waals surface area contributed by atoms with Gasteiger partial charge in [-0.15, -0.1) is 0 Å². The number of benzene rings is 1. The number of pyridine rings is 1. The van der Waals surface area contributed by atoms with Crippen molar-refractivity contribution in [2.75, 3.05) is 13.1 Å². The van der Waals surface area contributed by atoms with Gasteiger partial charge in [-0.2, -0.15) is 15.3 Å². The summed E-state index contributed by atoms with van der Waals surface area (Å²) in [7, 11) is 0. The second-order valence-corrected chi connectivity index (χ2v) is 8.41. The van der Waals surface area contributed by atoms with Crippen molar-refractivity contribution in [2.45, 2.75) is 19.4 Å². The zero-order valence-corrected chi connectivity index (χ0v) is 18.9. The molecule has 10 heteroatoms. The summed E-state index contributed by atoms with van der Waals surface area (Å²) < 4.78 is 7.67. The Balaban J connectivity index is 1.63. The molecule has 1 amide bonds. The lowest BCUT2D eigenvalue weighted by Gasteiger charge is -2.14. The molecule has 1 aliphatic rings. The van der Waals surface area contributed by atoms with Crippen molar-refractivity contribution in [1.82, 2.24) is 24.5 Å². The number of carboxylic acid groups (broad SMARTS) is 1. The number of rotatable bonds is 4. The molecule has 1 aliphatic heterocycles. The molecule has 3 aromatic heterocycles. The van der Waals surface area contributed by atoms with E-state index in [1.54, 1.807) is 35.0 Å². The van der Waals surface area contributed by atoms with Gasteiger partial charge in [0.2, 0.25) is 5.88 Å². The van der Waals surface area contributed by atoms with Crippen LogP contribution in [-0.4, -0.2) is 54.9 Å². The van der Waals surface area contributed by atoms with Crippen LogP contribution in [0.4, 0.5) is 4.79 Å². The zero-order chi connectivity index (χ0) is 23.8. The Hall–Kier alpha value is -4.16. The molecule has 0 bridgehead atoms. The average Bonchev–Trinajstić information content (AvgIpc) is 3.43. The van der Waals surface area contributed by atoms with Crippen molar-refractivity contribution < 1.29 is 14.6 Å². The monoisotopic (exact) mass is 474 g/mol. The van der Waals surface area contributed by atoms with E-state index in [2.05, 4.69) is 11.1 Å². The van der Waals surface area contributed by atoms with E-state index in [1.165, 1.54) is 4.90 Å². The van der Waals surface area contributed by atoms with Gasteiger partial charge in [0.05, 0.1) is 23.7 Å². The number of nitriles is 1. The average molecular weight is 475 g/mol. The second-order valence-electron chi connectivity index (χ2n) is 8.03. The molecule has 0 unspecified atom stereocenters. The van der Waals surface area contributed by atoms with Crippen LogP contribution in [0.25, 0.3) is 28.0 Å². The summed E-state index contributed by atoms with van der Waals surface area (Å²) in [5, 5.41) is 23.7. The molecule has 170 valence electrons. The summed E-state index contributed by atoms with van der Waals surface area (Å²) in [6.07, 6.45) is 1.11. The molecule has 0 spiro atoms. The predicted octanol–water partition coefficient (Wildman–Crippen LogP) is 4.42. The van der Waals surface area contributed by atoms with E-state index in [0.29, 0.717) is 47.4 Å². The Morgan fingerprint density at radius 1 is 1.24 bits per heavy atom. The molecule has 0 aliphatic carbocycles. The van der Waals surface area contributed by atoms with Crippen molar-refractivity contribution in [3.8, 4) is 34.3 Å². The predicted molar refractivity (Wildman–Crippen MR) is 125 cm³/mol. The molecule has 1 aromatic carbocycles. The van der Waals surface area contributed by atoms with E-state index in [-0.39, 0.29) is 6.10 Å². The van der Waals surface area contributed by atoms with Crippen LogP contribution in [0.5, 0.6) is 5.88 Å². The molecule has 1 fully saturated rings. The fraction of sp³-hybridized carbons (Fsp3) is 0.208. The fourth-order valence-corrected chi connectivity index (χ4v) is 4.37. The van der Waals surface area contributed by atoms with Gasteiger partial charge in [0.25, 0.3) is 0 Å². The Labute approximate surface area is 199 Å². The smallest absolute Gasteiger partial charge is 0.407 e. The first kappa shape index (κ1) is 21.7. The highest BCUT2D eigenvalue weighted by molar-refractivity contribution is 6.29. The molecule has 4 heterocycles. The van der Waals surface area contributed by atoms with Crippen LogP contribution in [0.3, 0.4) is 0 Å². The summed E-state index contributed by atoms with van der Waals surface area (Å²) in [4.78, 5) is 21.5. The van der Waals surface area contributed by atoms with Crippen molar-refractivity contribution in [2.24, 2.45) is 0 Å². The number of likely N-dealkylation sites (tertiary alicyclic amines) is 1. The number of halogens is 1. The Morgan fingerprint density at radius 2 is 2.09 bits per heavy atom. The molecule has 0 radical (unpaired) electrons. The zero-order valence-electron chi connectivity index (χ0n) is 18.1. The molecule has 0 saturated carbocycles. The van der Waals surface area contributed by atoms with Crippen molar-refractivity contribution in [3.63, 3.8) is 0 Å². The third kappa shape index (κ3) is 4.11. The van der Waals surface area contributed by atoms with Gasteiger partial charge >= 0.3 is 6.09 Å². The van der Waals surface area contributed by atoms with Crippen LogP contribution >= 0.6 is 11.6 Å². The van der Waals surface area contributed by atoms with Gasteiger partial charge in [-0.25, -0.2) is 14.3 Å². The number of amides is 1. The fourth-order valence-electron chi connectivity index (χ4n) is 4.12. The van der Waals surface area contributed by atoms with Gasteiger partial charge in [-0.3, -0.25) is 0 Å². The van der Waals surface area contributed by atoms with Gasteiger partial charge in [0.15, 0.2) is 5.65 Å². The third-order valence-electron chi connectivity index (χ3n) is 5.64. The van der Waals surface area contributed by atoms with Gasteiger partial charge in [-0.1, -0.05) is 23.7 Å². The van der Waals surface area contributed by atoms with Gasteiger partial charge in [0.1, 0.15) is 17.0 Å². The van der Waals surface area contributed by atoms with Crippen LogP contribution in [0.2, 0.25) is 5.15 Å². The highest BCUT2D eigenvalue weighted by Gasteiger charge is 2.28. The molecule has 4 aromatic rings. The maximum atomic E-state index is 11.2.